The van der Waals surface area contributed by atoms with Gasteiger partial charge in [-0.15, -0.1) is 0 Å². The molecular formula is C39H75N3O6. The monoisotopic (exact) mass is 682 g/mol. The number of esters is 3. The van der Waals surface area contributed by atoms with Gasteiger partial charge in [-0.05, 0) is 59.3 Å². The lowest BCUT2D eigenvalue weighted by molar-refractivity contribution is -0.144. The van der Waals surface area contributed by atoms with Gasteiger partial charge in [-0.2, -0.15) is 0 Å². The summed E-state index contributed by atoms with van der Waals surface area (Å²) in [7, 11) is 0. The van der Waals surface area contributed by atoms with E-state index in [-0.39, 0.29) is 17.9 Å². The van der Waals surface area contributed by atoms with Gasteiger partial charge in [0.25, 0.3) is 0 Å². The van der Waals surface area contributed by atoms with Crippen LogP contribution in [0, 0.1) is 0 Å². The number of carbonyl (C=O) groups excluding carboxylic acids is 3. The van der Waals surface area contributed by atoms with Gasteiger partial charge in [0, 0.05) is 57.0 Å². The van der Waals surface area contributed by atoms with Gasteiger partial charge in [0.1, 0.15) is 19.8 Å². The minimum atomic E-state index is -0.0826. The highest BCUT2D eigenvalue weighted by Gasteiger charge is 2.08. The van der Waals surface area contributed by atoms with Crippen LogP contribution in [0.25, 0.3) is 0 Å². The lowest BCUT2D eigenvalue weighted by Gasteiger charge is -2.14. The molecule has 0 aromatic rings. The SMILES string of the molecule is CC1CCCCCCCCC(=O)OCCNC(C)CCCCCCCCC(=O)OCCN[C@@H](C)CCCCCCCCC(=O)OCCN1. The molecule has 9 heteroatoms. The smallest absolute Gasteiger partial charge is 0.305 e. The molecule has 0 aliphatic carbocycles. The molecule has 0 spiro atoms. The number of hydrogen-bond acceptors (Lipinski definition) is 9. The van der Waals surface area contributed by atoms with E-state index in [0.29, 0.717) is 76.8 Å². The van der Waals surface area contributed by atoms with Gasteiger partial charge in [-0.3, -0.25) is 14.4 Å². The van der Waals surface area contributed by atoms with Crippen molar-refractivity contribution in [3.8, 4) is 0 Å². The molecule has 48 heavy (non-hydrogen) atoms. The maximum absolute atomic E-state index is 12.1. The van der Waals surface area contributed by atoms with Crippen molar-refractivity contribution in [2.24, 2.45) is 0 Å². The van der Waals surface area contributed by atoms with Crippen LogP contribution in [-0.4, -0.2) is 75.5 Å². The second-order valence-electron chi connectivity index (χ2n) is 14.2. The fourth-order valence-electron chi connectivity index (χ4n) is 6.21. The Labute approximate surface area is 294 Å². The minimum Gasteiger partial charge on any atom is -0.464 e. The van der Waals surface area contributed by atoms with Crippen LogP contribution in [0.2, 0.25) is 0 Å². The van der Waals surface area contributed by atoms with Crippen molar-refractivity contribution in [3.05, 3.63) is 0 Å². The third-order valence-corrected chi connectivity index (χ3v) is 9.38. The summed E-state index contributed by atoms with van der Waals surface area (Å²) in [5.74, 6) is -0.248. The van der Waals surface area contributed by atoms with E-state index in [1.165, 1.54) is 57.8 Å². The Hall–Kier alpha value is -1.71. The number of ether oxygens (including phenoxy) is 3. The van der Waals surface area contributed by atoms with E-state index in [4.69, 9.17) is 14.2 Å². The maximum Gasteiger partial charge on any atom is 0.305 e. The molecule has 0 amide bonds. The second kappa shape index (κ2) is 32.5. The topological polar surface area (TPSA) is 115 Å². The average molecular weight is 682 g/mol. The van der Waals surface area contributed by atoms with Gasteiger partial charge >= 0.3 is 17.9 Å². The summed E-state index contributed by atoms with van der Waals surface area (Å²) < 4.78 is 16.2. The molecule has 1 rings (SSSR count). The van der Waals surface area contributed by atoms with E-state index in [1.54, 1.807) is 0 Å². The fraction of sp³-hybridized carbons (Fsp3) is 0.923. The molecule has 0 aromatic heterocycles. The molecule has 1 aliphatic heterocycles. The van der Waals surface area contributed by atoms with E-state index in [1.807, 2.05) is 0 Å². The van der Waals surface area contributed by atoms with Crippen LogP contribution < -0.4 is 16.0 Å². The summed E-state index contributed by atoms with van der Waals surface area (Å²) in [4.78, 5) is 36.2. The Morgan fingerprint density at radius 2 is 0.604 bits per heavy atom. The normalized spacial score (nSPS) is 26.8. The fourth-order valence-corrected chi connectivity index (χ4v) is 6.21. The van der Waals surface area contributed by atoms with Crippen molar-refractivity contribution in [2.45, 2.75) is 193 Å². The van der Waals surface area contributed by atoms with Gasteiger partial charge in [0.05, 0.1) is 0 Å². The van der Waals surface area contributed by atoms with Gasteiger partial charge in [0.2, 0.25) is 0 Å². The van der Waals surface area contributed by atoms with Crippen LogP contribution in [0.3, 0.4) is 0 Å². The lowest BCUT2D eigenvalue weighted by atomic mass is 10.1. The van der Waals surface area contributed by atoms with Gasteiger partial charge < -0.3 is 30.2 Å². The lowest BCUT2D eigenvalue weighted by Crippen LogP contribution is -2.30. The third kappa shape index (κ3) is 30.4. The predicted octanol–water partition coefficient (Wildman–Crippen LogP) is 7.93. The number of rotatable bonds is 0. The van der Waals surface area contributed by atoms with E-state index >= 15 is 0 Å². The van der Waals surface area contributed by atoms with E-state index in [2.05, 4.69) is 36.7 Å². The summed E-state index contributed by atoms with van der Waals surface area (Å²) in [5, 5.41) is 10.4. The molecule has 0 saturated carbocycles. The van der Waals surface area contributed by atoms with Crippen molar-refractivity contribution >= 4 is 17.9 Å². The molecule has 0 aromatic carbocycles. The molecule has 1 aliphatic rings. The Kier molecular flexibility index (Phi) is 30.0. The third-order valence-electron chi connectivity index (χ3n) is 9.38. The van der Waals surface area contributed by atoms with Crippen molar-refractivity contribution in [1.82, 2.24) is 16.0 Å². The maximum atomic E-state index is 12.1. The number of cyclic esters (lactones) is 3. The largest absolute Gasteiger partial charge is 0.464 e. The van der Waals surface area contributed by atoms with Gasteiger partial charge in [0.15, 0.2) is 0 Å². The number of hydrogen-bond donors (Lipinski definition) is 3. The standard InChI is InChI=1S/C39H75N3O6/c1-34-22-16-10-4-7-13-19-26-38(44)47-32-29-41-36(3)24-18-12-6-9-15-21-27-39(45)48-33-30-42-35(2)23-17-11-5-8-14-20-25-37(43)46-31-28-40-34/h34-36,40-42H,4-33H2,1-3H3/t34-,35?,36?/m0/s1. The molecule has 9 nitrogen and oxygen atoms in total. The summed E-state index contributed by atoms with van der Waals surface area (Å²) in [6.45, 7) is 10.0. The molecule has 0 radical (unpaired) electrons. The molecule has 3 atom stereocenters. The molecule has 282 valence electrons. The first kappa shape index (κ1) is 44.3. The van der Waals surface area contributed by atoms with E-state index in [0.717, 1.165) is 77.0 Å². The van der Waals surface area contributed by atoms with E-state index < -0.39 is 0 Å². The summed E-state index contributed by atoms with van der Waals surface area (Å²) >= 11 is 0. The summed E-state index contributed by atoms with van der Waals surface area (Å²) in [5.41, 5.74) is 0. The highest BCUT2D eigenvalue weighted by Crippen LogP contribution is 2.13. The zero-order valence-corrected chi connectivity index (χ0v) is 31.4. The van der Waals surface area contributed by atoms with Crippen molar-refractivity contribution in [3.63, 3.8) is 0 Å². The Morgan fingerprint density at radius 3 is 0.875 bits per heavy atom. The van der Waals surface area contributed by atoms with Crippen LogP contribution in [0.15, 0.2) is 0 Å². The Balaban J connectivity index is 2.26. The zero-order chi connectivity index (χ0) is 34.9. The first-order chi connectivity index (χ1) is 23.4. The first-order valence-corrected chi connectivity index (χ1v) is 20.0. The van der Waals surface area contributed by atoms with Crippen LogP contribution >= 0.6 is 0 Å². The molecule has 1 saturated heterocycles. The van der Waals surface area contributed by atoms with Crippen LogP contribution in [0.1, 0.15) is 175 Å². The Bertz CT molecular complexity index is 683. The summed E-state index contributed by atoms with van der Waals surface area (Å²) in [6.07, 6.45) is 25.2. The predicted molar refractivity (Wildman–Crippen MR) is 196 cm³/mol. The minimum absolute atomic E-state index is 0.0826. The molecule has 3 N–H and O–H groups in total. The van der Waals surface area contributed by atoms with Crippen molar-refractivity contribution < 1.29 is 28.6 Å². The molecule has 0 bridgehead atoms. The van der Waals surface area contributed by atoms with Crippen LogP contribution in [0.4, 0.5) is 0 Å². The molecule has 2 unspecified atom stereocenters. The molecule has 1 fully saturated rings. The number of nitrogens with one attached hydrogen (secondary N) is 3. The Morgan fingerprint density at radius 1 is 0.375 bits per heavy atom. The van der Waals surface area contributed by atoms with E-state index in [9.17, 15) is 14.4 Å². The first-order valence-electron chi connectivity index (χ1n) is 20.0. The number of carbonyl (C=O) groups is 3. The van der Waals surface area contributed by atoms with Crippen LogP contribution in [0.5, 0.6) is 0 Å². The highest BCUT2D eigenvalue weighted by molar-refractivity contribution is 5.69. The van der Waals surface area contributed by atoms with Gasteiger partial charge in [-0.25, -0.2) is 0 Å². The molecule has 1 heterocycles. The average Bonchev–Trinajstić information content (AvgIpc) is 3.06. The second-order valence-corrected chi connectivity index (χ2v) is 14.2. The zero-order valence-electron chi connectivity index (χ0n) is 31.4. The highest BCUT2D eigenvalue weighted by atomic mass is 16.5. The summed E-state index contributed by atoms with van der Waals surface area (Å²) in [6, 6.07) is 1.26. The van der Waals surface area contributed by atoms with Crippen molar-refractivity contribution in [2.75, 3.05) is 39.5 Å². The van der Waals surface area contributed by atoms with Crippen molar-refractivity contribution in [1.29, 1.82) is 0 Å². The molecular weight excluding hydrogens is 606 g/mol. The van der Waals surface area contributed by atoms with Crippen LogP contribution in [-0.2, 0) is 28.6 Å². The quantitative estimate of drug-likeness (QED) is 0.173. The van der Waals surface area contributed by atoms with Gasteiger partial charge in [-0.1, -0.05) is 96.3 Å².